The number of ether oxygens (including phenoxy) is 2. The second-order valence-corrected chi connectivity index (χ2v) is 7.58. The van der Waals surface area contributed by atoms with Crippen molar-refractivity contribution < 1.29 is 24.6 Å². The molecule has 0 saturated heterocycles. The van der Waals surface area contributed by atoms with Crippen LogP contribution >= 0.6 is 0 Å². The summed E-state index contributed by atoms with van der Waals surface area (Å²) >= 11 is 0. The summed E-state index contributed by atoms with van der Waals surface area (Å²) in [6.07, 6.45) is 3.39. The van der Waals surface area contributed by atoms with E-state index in [1.54, 1.807) is 60.9 Å². The Morgan fingerprint density at radius 2 is 1.20 bits per heavy atom. The summed E-state index contributed by atoms with van der Waals surface area (Å²) in [6.45, 7) is 0.615. The van der Waals surface area contributed by atoms with Crippen molar-refractivity contribution in [1.29, 1.82) is 0 Å². The molecule has 0 fully saturated rings. The maximum Gasteiger partial charge on any atom is 0.354 e. The Labute approximate surface area is 202 Å². The topological polar surface area (TPSA) is 114 Å². The highest BCUT2D eigenvalue weighted by Gasteiger charge is 2.27. The molecule has 0 atom stereocenters. The predicted octanol–water partition coefficient (Wildman–Crippen LogP) is 4.68. The minimum absolute atomic E-state index is 0.308. The van der Waals surface area contributed by atoms with Gasteiger partial charge in [0.15, 0.2) is 5.71 Å². The van der Waals surface area contributed by atoms with Crippen molar-refractivity contribution in [2.45, 2.75) is 19.1 Å². The molecule has 0 radical (unpaired) electrons. The largest absolute Gasteiger partial charge is 0.487 e. The third kappa shape index (κ3) is 6.20. The van der Waals surface area contributed by atoms with Crippen molar-refractivity contribution in [1.82, 2.24) is 9.97 Å². The Hall–Kier alpha value is -4.72. The number of carbonyl (C=O) groups is 1. The molecule has 176 valence electrons. The van der Waals surface area contributed by atoms with Crippen molar-refractivity contribution in [3.63, 3.8) is 0 Å². The first-order valence-electron chi connectivity index (χ1n) is 10.8. The molecule has 0 saturated carbocycles. The van der Waals surface area contributed by atoms with E-state index in [1.807, 2.05) is 36.4 Å². The Bertz CT molecular complexity index is 1170. The summed E-state index contributed by atoms with van der Waals surface area (Å²) in [5.74, 6) is -0.904. The number of rotatable bonds is 10. The van der Waals surface area contributed by atoms with E-state index in [-0.39, 0.29) is 0 Å². The molecular weight excluding hydrogens is 446 g/mol. The molecule has 0 aliphatic carbocycles. The van der Waals surface area contributed by atoms with Crippen LogP contribution in [0.15, 0.2) is 102 Å². The van der Waals surface area contributed by atoms with E-state index in [1.165, 1.54) is 0 Å². The zero-order chi connectivity index (χ0) is 24.5. The third-order valence-corrected chi connectivity index (χ3v) is 5.25. The number of hydrogen-bond donors (Lipinski definition) is 2. The molecule has 2 aromatic heterocycles. The molecule has 0 unspecified atom stereocenters. The van der Waals surface area contributed by atoms with E-state index < -0.39 is 17.6 Å². The molecular formula is C27H23N3O5. The predicted molar refractivity (Wildman–Crippen MR) is 129 cm³/mol. The van der Waals surface area contributed by atoms with Crippen LogP contribution in [0.2, 0.25) is 0 Å². The standard InChI is InChI=1S/C27H23N3O5/c31-27(32)26(30-33)25(19-7-11-23(12-8-19)34-17-21-5-1-3-15-28-21)20-9-13-24(14-10-20)35-18-22-6-2-4-16-29-22/h1-16,25,33H,17-18H2,(H,31,32)/b30-26-. The molecule has 2 heterocycles. The minimum Gasteiger partial charge on any atom is -0.487 e. The Morgan fingerprint density at radius 3 is 1.54 bits per heavy atom. The lowest BCUT2D eigenvalue weighted by Crippen LogP contribution is -2.23. The summed E-state index contributed by atoms with van der Waals surface area (Å²) in [4.78, 5) is 20.3. The van der Waals surface area contributed by atoms with Gasteiger partial charge >= 0.3 is 5.97 Å². The zero-order valence-corrected chi connectivity index (χ0v) is 18.7. The maximum absolute atomic E-state index is 11.8. The van der Waals surface area contributed by atoms with Crippen molar-refractivity contribution in [3.05, 3.63) is 120 Å². The molecule has 8 heteroatoms. The van der Waals surface area contributed by atoms with Crippen LogP contribution in [0.3, 0.4) is 0 Å². The quantitative estimate of drug-likeness (QED) is 0.197. The molecule has 35 heavy (non-hydrogen) atoms. The van der Waals surface area contributed by atoms with Gasteiger partial charge in [0.1, 0.15) is 24.7 Å². The summed E-state index contributed by atoms with van der Waals surface area (Å²) in [7, 11) is 0. The number of hydrogen-bond acceptors (Lipinski definition) is 7. The number of oxime groups is 1. The molecule has 2 N–H and O–H groups in total. The van der Waals surface area contributed by atoms with Gasteiger partial charge < -0.3 is 19.8 Å². The third-order valence-electron chi connectivity index (χ3n) is 5.25. The van der Waals surface area contributed by atoms with Crippen LogP contribution < -0.4 is 9.47 Å². The fraction of sp³-hybridized carbons (Fsp3) is 0.111. The Balaban J connectivity index is 1.51. The highest BCUT2D eigenvalue weighted by molar-refractivity contribution is 6.38. The lowest BCUT2D eigenvalue weighted by Gasteiger charge is -2.18. The van der Waals surface area contributed by atoms with Crippen LogP contribution in [-0.4, -0.2) is 32.0 Å². The van der Waals surface area contributed by atoms with Crippen molar-refractivity contribution in [2.75, 3.05) is 0 Å². The first kappa shape index (κ1) is 23.4. The fourth-order valence-electron chi connectivity index (χ4n) is 3.53. The molecule has 4 rings (SSSR count). The van der Waals surface area contributed by atoms with Crippen LogP contribution in [0.5, 0.6) is 11.5 Å². The van der Waals surface area contributed by atoms with E-state index >= 15 is 0 Å². The monoisotopic (exact) mass is 469 g/mol. The first-order valence-corrected chi connectivity index (χ1v) is 10.8. The highest BCUT2D eigenvalue weighted by atomic mass is 16.5. The molecule has 8 nitrogen and oxygen atoms in total. The van der Waals surface area contributed by atoms with Gasteiger partial charge in [-0.15, -0.1) is 0 Å². The smallest absolute Gasteiger partial charge is 0.354 e. The van der Waals surface area contributed by atoms with E-state index in [0.717, 1.165) is 11.4 Å². The zero-order valence-electron chi connectivity index (χ0n) is 18.7. The van der Waals surface area contributed by atoms with Crippen molar-refractivity contribution >= 4 is 11.7 Å². The van der Waals surface area contributed by atoms with Gasteiger partial charge in [-0.3, -0.25) is 9.97 Å². The second kappa shape index (κ2) is 11.4. The van der Waals surface area contributed by atoms with E-state index in [4.69, 9.17) is 9.47 Å². The molecule has 0 amide bonds. The number of carboxylic acids is 1. The lowest BCUT2D eigenvalue weighted by molar-refractivity contribution is -0.129. The number of pyridine rings is 2. The first-order chi connectivity index (χ1) is 17.1. The second-order valence-electron chi connectivity index (χ2n) is 7.58. The number of benzene rings is 2. The van der Waals surface area contributed by atoms with Gasteiger partial charge in [-0.1, -0.05) is 41.6 Å². The fourth-order valence-corrected chi connectivity index (χ4v) is 3.53. The SMILES string of the molecule is O=C(O)/C(=N\O)C(c1ccc(OCc2ccccn2)cc1)c1ccc(OCc2ccccn2)cc1. The van der Waals surface area contributed by atoms with Crippen LogP contribution in [0.4, 0.5) is 0 Å². The van der Waals surface area contributed by atoms with Gasteiger partial charge in [-0.2, -0.15) is 0 Å². The summed E-state index contributed by atoms with van der Waals surface area (Å²) < 4.78 is 11.5. The molecule has 4 aromatic rings. The number of nitrogens with zero attached hydrogens (tertiary/aromatic N) is 3. The van der Waals surface area contributed by atoms with Crippen molar-refractivity contribution in [2.24, 2.45) is 5.16 Å². The van der Waals surface area contributed by atoms with Gasteiger partial charge in [-0.05, 0) is 59.7 Å². The van der Waals surface area contributed by atoms with Gasteiger partial charge in [0.05, 0.1) is 17.3 Å². The number of aliphatic carboxylic acids is 1. The van der Waals surface area contributed by atoms with Crippen LogP contribution in [0.25, 0.3) is 0 Å². The average Bonchev–Trinajstić information content (AvgIpc) is 2.91. The molecule has 0 aliphatic rings. The molecule has 0 bridgehead atoms. The normalized spacial score (nSPS) is 11.3. The molecule has 2 aromatic carbocycles. The van der Waals surface area contributed by atoms with Gasteiger partial charge in [-0.25, -0.2) is 4.79 Å². The Kier molecular flexibility index (Phi) is 7.65. The highest BCUT2D eigenvalue weighted by Crippen LogP contribution is 2.30. The summed E-state index contributed by atoms with van der Waals surface area (Å²) in [6, 6.07) is 25.1. The van der Waals surface area contributed by atoms with Gasteiger partial charge in [0.2, 0.25) is 0 Å². The Morgan fingerprint density at radius 1 is 0.743 bits per heavy atom. The van der Waals surface area contributed by atoms with Crippen LogP contribution in [-0.2, 0) is 18.0 Å². The summed E-state index contributed by atoms with van der Waals surface area (Å²) in [5.41, 5.74) is 2.45. The van der Waals surface area contributed by atoms with Gasteiger partial charge in [0.25, 0.3) is 0 Å². The lowest BCUT2D eigenvalue weighted by atomic mass is 9.87. The minimum atomic E-state index is -1.32. The van der Waals surface area contributed by atoms with Crippen LogP contribution in [0, 0.1) is 0 Å². The summed E-state index contributed by atoms with van der Waals surface area (Å²) in [5, 5.41) is 22.2. The number of carboxylic acid groups (broad SMARTS) is 1. The van der Waals surface area contributed by atoms with Crippen molar-refractivity contribution in [3.8, 4) is 11.5 Å². The average molecular weight is 469 g/mol. The molecule has 0 spiro atoms. The number of aromatic nitrogens is 2. The van der Waals surface area contributed by atoms with E-state index in [2.05, 4.69) is 15.1 Å². The van der Waals surface area contributed by atoms with Gasteiger partial charge in [0, 0.05) is 12.4 Å². The van der Waals surface area contributed by atoms with Crippen LogP contribution in [0.1, 0.15) is 28.4 Å². The van der Waals surface area contributed by atoms with E-state index in [0.29, 0.717) is 35.8 Å². The maximum atomic E-state index is 11.8. The molecule has 0 aliphatic heterocycles. The van der Waals surface area contributed by atoms with E-state index in [9.17, 15) is 15.1 Å².